The molecular weight excluding hydrogens is 299 g/mol. The van der Waals surface area contributed by atoms with Gasteiger partial charge in [0.05, 0.1) is 0 Å². The van der Waals surface area contributed by atoms with E-state index in [4.69, 9.17) is 0 Å². The number of hydrogen-bond donors (Lipinski definition) is 0. The lowest BCUT2D eigenvalue weighted by atomic mass is 9.89. The van der Waals surface area contributed by atoms with Crippen LogP contribution in [-0.4, -0.2) is 9.97 Å². The summed E-state index contributed by atoms with van der Waals surface area (Å²) in [5.74, 6) is 0.451. The minimum atomic E-state index is -0.145. The van der Waals surface area contributed by atoms with E-state index in [2.05, 4.69) is 9.97 Å². The standard InChI is InChI=1S/C21H19FN2/c22-17-10-9-16(18(14-17)15-7-8-15)13-19(20-5-1-3-11-23-20)21-6-2-4-12-24-21/h1-6,9-12,14-15,19H,7-8,13H2. The van der Waals surface area contributed by atoms with E-state index in [1.165, 1.54) is 5.56 Å². The molecule has 120 valence electrons. The Bertz CT molecular complexity index is 774. The van der Waals surface area contributed by atoms with Crippen molar-refractivity contribution in [3.05, 3.63) is 95.3 Å². The van der Waals surface area contributed by atoms with E-state index >= 15 is 0 Å². The van der Waals surface area contributed by atoms with Gasteiger partial charge in [-0.05, 0) is 72.7 Å². The fourth-order valence-corrected chi connectivity index (χ4v) is 3.27. The van der Waals surface area contributed by atoms with Gasteiger partial charge in [0, 0.05) is 29.7 Å². The SMILES string of the molecule is Fc1ccc(CC(c2ccccn2)c2ccccn2)c(C2CC2)c1. The lowest BCUT2D eigenvalue weighted by Crippen LogP contribution is -2.10. The second kappa shape index (κ2) is 6.52. The molecular formula is C21H19FN2. The molecule has 3 heteroatoms. The zero-order valence-electron chi connectivity index (χ0n) is 13.4. The summed E-state index contributed by atoms with van der Waals surface area (Å²) < 4.78 is 13.7. The van der Waals surface area contributed by atoms with Gasteiger partial charge < -0.3 is 0 Å². The first kappa shape index (κ1) is 15.0. The number of aromatic nitrogens is 2. The summed E-state index contributed by atoms with van der Waals surface area (Å²) in [5, 5.41) is 0. The summed E-state index contributed by atoms with van der Waals surface area (Å²) in [4.78, 5) is 9.09. The number of benzene rings is 1. The van der Waals surface area contributed by atoms with E-state index in [1.807, 2.05) is 54.9 Å². The molecule has 0 N–H and O–H groups in total. The van der Waals surface area contributed by atoms with Crippen molar-refractivity contribution < 1.29 is 4.39 Å². The first-order chi connectivity index (χ1) is 11.8. The summed E-state index contributed by atoms with van der Waals surface area (Å²) >= 11 is 0. The van der Waals surface area contributed by atoms with Crippen molar-refractivity contribution >= 4 is 0 Å². The minimum Gasteiger partial charge on any atom is -0.261 e. The summed E-state index contributed by atoms with van der Waals surface area (Å²) in [6.07, 6.45) is 6.75. The second-order valence-corrected chi connectivity index (χ2v) is 6.38. The Morgan fingerprint density at radius 1 is 0.917 bits per heavy atom. The first-order valence-electron chi connectivity index (χ1n) is 8.41. The van der Waals surface area contributed by atoms with Crippen molar-refractivity contribution in [3.8, 4) is 0 Å². The molecule has 2 aromatic heterocycles. The highest BCUT2D eigenvalue weighted by molar-refractivity contribution is 5.37. The van der Waals surface area contributed by atoms with Crippen LogP contribution in [0.1, 0.15) is 47.2 Å². The van der Waals surface area contributed by atoms with E-state index in [0.717, 1.165) is 36.2 Å². The molecule has 0 bridgehead atoms. The fourth-order valence-electron chi connectivity index (χ4n) is 3.27. The maximum absolute atomic E-state index is 13.7. The van der Waals surface area contributed by atoms with E-state index in [0.29, 0.717) is 5.92 Å². The Kier molecular flexibility index (Phi) is 4.08. The Morgan fingerprint density at radius 2 is 1.58 bits per heavy atom. The van der Waals surface area contributed by atoms with Crippen molar-refractivity contribution in [2.75, 3.05) is 0 Å². The van der Waals surface area contributed by atoms with E-state index in [-0.39, 0.29) is 11.7 Å². The van der Waals surface area contributed by atoms with Crippen LogP contribution in [0, 0.1) is 5.82 Å². The summed E-state index contributed by atoms with van der Waals surface area (Å²) in [7, 11) is 0. The van der Waals surface area contributed by atoms with Crippen molar-refractivity contribution in [1.82, 2.24) is 9.97 Å². The third kappa shape index (κ3) is 3.21. The predicted molar refractivity (Wildman–Crippen MR) is 92.4 cm³/mol. The molecule has 2 heterocycles. The molecule has 1 saturated carbocycles. The normalized spacial score (nSPS) is 14.1. The van der Waals surface area contributed by atoms with Crippen LogP contribution in [0.25, 0.3) is 0 Å². The average molecular weight is 318 g/mol. The van der Waals surface area contributed by atoms with Crippen LogP contribution in [0.4, 0.5) is 4.39 Å². The minimum absolute atomic E-state index is 0.0790. The van der Waals surface area contributed by atoms with Crippen LogP contribution < -0.4 is 0 Å². The van der Waals surface area contributed by atoms with Crippen LogP contribution in [0.5, 0.6) is 0 Å². The van der Waals surface area contributed by atoms with Crippen LogP contribution in [0.2, 0.25) is 0 Å². The van der Waals surface area contributed by atoms with Crippen LogP contribution in [0.3, 0.4) is 0 Å². The average Bonchev–Trinajstić information content (AvgIpc) is 3.47. The van der Waals surface area contributed by atoms with E-state index < -0.39 is 0 Å². The van der Waals surface area contributed by atoms with Crippen LogP contribution in [-0.2, 0) is 6.42 Å². The van der Waals surface area contributed by atoms with Gasteiger partial charge in [0.1, 0.15) is 5.82 Å². The molecule has 2 nitrogen and oxygen atoms in total. The monoisotopic (exact) mass is 318 g/mol. The summed E-state index contributed by atoms with van der Waals surface area (Å²) in [5.41, 5.74) is 4.37. The smallest absolute Gasteiger partial charge is 0.123 e. The van der Waals surface area contributed by atoms with Gasteiger partial charge in [-0.25, -0.2) is 4.39 Å². The molecule has 1 aromatic carbocycles. The van der Waals surface area contributed by atoms with E-state index in [1.54, 1.807) is 12.1 Å². The van der Waals surface area contributed by atoms with Gasteiger partial charge in [-0.1, -0.05) is 18.2 Å². The molecule has 24 heavy (non-hydrogen) atoms. The molecule has 0 spiro atoms. The molecule has 0 saturated heterocycles. The Labute approximate surface area is 141 Å². The van der Waals surface area contributed by atoms with Crippen molar-refractivity contribution in [2.24, 2.45) is 0 Å². The van der Waals surface area contributed by atoms with Crippen molar-refractivity contribution in [3.63, 3.8) is 0 Å². The third-order valence-corrected chi connectivity index (χ3v) is 4.64. The summed E-state index contributed by atoms with van der Waals surface area (Å²) in [6.45, 7) is 0. The number of rotatable bonds is 5. The molecule has 1 aliphatic carbocycles. The largest absolute Gasteiger partial charge is 0.261 e. The topological polar surface area (TPSA) is 25.8 Å². The fraction of sp³-hybridized carbons (Fsp3) is 0.238. The second-order valence-electron chi connectivity index (χ2n) is 6.38. The Morgan fingerprint density at radius 3 is 2.12 bits per heavy atom. The summed E-state index contributed by atoms with van der Waals surface area (Å²) in [6, 6.07) is 17.1. The zero-order valence-corrected chi connectivity index (χ0v) is 13.4. The molecule has 1 fully saturated rings. The Balaban J connectivity index is 1.73. The third-order valence-electron chi connectivity index (χ3n) is 4.64. The Hall–Kier alpha value is -2.55. The van der Waals surface area contributed by atoms with Gasteiger partial charge >= 0.3 is 0 Å². The molecule has 0 radical (unpaired) electrons. The molecule has 0 amide bonds. The molecule has 1 aliphatic rings. The highest BCUT2D eigenvalue weighted by Gasteiger charge is 2.28. The number of nitrogens with zero attached hydrogens (tertiary/aromatic N) is 2. The number of pyridine rings is 2. The predicted octanol–water partition coefficient (Wildman–Crippen LogP) is 4.87. The van der Waals surface area contributed by atoms with Gasteiger partial charge in [-0.3, -0.25) is 9.97 Å². The molecule has 0 atom stereocenters. The maximum atomic E-state index is 13.7. The van der Waals surface area contributed by atoms with Gasteiger partial charge in [-0.2, -0.15) is 0 Å². The van der Waals surface area contributed by atoms with Crippen molar-refractivity contribution in [2.45, 2.75) is 31.1 Å². The highest BCUT2D eigenvalue weighted by Crippen LogP contribution is 2.43. The highest BCUT2D eigenvalue weighted by atomic mass is 19.1. The molecule has 0 unspecified atom stereocenters. The lowest BCUT2D eigenvalue weighted by Gasteiger charge is -2.18. The molecule has 4 rings (SSSR count). The van der Waals surface area contributed by atoms with Crippen molar-refractivity contribution in [1.29, 1.82) is 0 Å². The quantitative estimate of drug-likeness (QED) is 0.671. The number of halogens is 1. The van der Waals surface area contributed by atoms with Gasteiger partial charge in [0.2, 0.25) is 0 Å². The zero-order chi connectivity index (χ0) is 16.4. The first-order valence-corrected chi connectivity index (χ1v) is 8.41. The maximum Gasteiger partial charge on any atom is 0.123 e. The lowest BCUT2D eigenvalue weighted by molar-refractivity contribution is 0.623. The van der Waals surface area contributed by atoms with Crippen LogP contribution >= 0.6 is 0 Å². The van der Waals surface area contributed by atoms with E-state index in [9.17, 15) is 4.39 Å². The molecule has 3 aromatic rings. The van der Waals surface area contributed by atoms with Crippen LogP contribution in [0.15, 0.2) is 67.0 Å². The van der Waals surface area contributed by atoms with Gasteiger partial charge in [0.25, 0.3) is 0 Å². The van der Waals surface area contributed by atoms with Gasteiger partial charge in [-0.15, -0.1) is 0 Å². The number of hydrogen-bond acceptors (Lipinski definition) is 2. The molecule has 0 aliphatic heterocycles. The van der Waals surface area contributed by atoms with Gasteiger partial charge in [0.15, 0.2) is 0 Å².